The number of rotatable bonds is 5. The minimum absolute atomic E-state index is 0.104. The van der Waals surface area contributed by atoms with E-state index in [4.69, 9.17) is 0 Å². The summed E-state index contributed by atoms with van der Waals surface area (Å²) >= 11 is 0. The van der Waals surface area contributed by atoms with E-state index >= 15 is 0 Å². The maximum atomic E-state index is 13.1. The highest BCUT2D eigenvalue weighted by Crippen LogP contribution is 2.19. The fourth-order valence-corrected chi connectivity index (χ4v) is 2.43. The van der Waals surface area contributed by atoms with Gasteiger partial charge in [0.15, 0.2) is 0 Å². The lowest BCUT2D eigenvalue weighted by Crippen LogP contribution is -2.19. The molecule has 0 aliphatic heterocycles. The Morgan fingerprint density at radius 2 is 1.86 bits per heavy atom. The molecular formula is C15H15FN2O3S. The van der Waals surface area contributed by atoms with Crippen molar-refractivity contribution >= 4 is 27.3 Å². The van der Waals surface area contributed by atoms with Crippen molar-refractivity contribution in [3.05, 3.63) is 59.9 Å². The standard InChI is InChI=1S/C15H15FN2O3S/c1-2-22(20,21)18-14-9-4-3-8-13(14)15(19)17-12-7-5-6-11(16)10-12/h3-10,18H,2H2,1H3,(H,17,19). The molecule has 22 heavy (non-hydrogen) atoms. The van der Waals surface area contributed by atoms with Crippen molar-refractivity contribution < 1.29 is 17.6 Å². The van der Waals surface area contributed by atoms with Crippen molar-refractivity contribution in [2.75, 3.05) is 15.8 Å². The first-order valence-electron chi connectivity index (χ1n) is 6.58. The number of hydrogen-bond acceptors (Lipinski definition) is 3. The SMILES string of the molecule is CCS(=O)(=O)Nc1ccccc1C(=O)Nc1cccc(F)c1. The van der Waals surface area contributed by atoms with Gasteiger partial charge in [-0.05, 0) is 37.3 Å². The number of para-hydroxylation sites is 1. The number of hydrogen-bond donors (Lipinski definition) is 2. The molecule has 0 radical (unpaired) electrons. The second kappa shape index (κ2) is 6.57. The molecule has 7 heteroatoms. The van der Waals surface area contributed by atoms with Crippen molar-refractivity contribution in [3.63, 3.8) is 0 Å². The summed E-state index contributed by atoms with van der Waals surface area (Å²) in [7, 11) is -3.50. The van der Waals surface area contributed by atoms with Crippen LogP contribution in [0.4, 0.5) is 15.8 Å². The maximum absolute atomic E-state index is 13.1. The average molecular weight is 322 g/mol. The minimum atomic E-state index is -3.50. The Hall–Kier alpha value is -2.41. The van der Waals surface area contributed by atoms with Gasteiger partial charge in [0.05, 0.1) is 17.0 Å². The van der Waals surface area contributed by atoms with Gasteiger partial charge >= 0.3 is 0 Å². The number of nitrogens with one attached hydrogen (secondary N) is 2. The molecule has 1 amide bonds. The van der Waals surface area contributed by atoms with Crippen LogP contribution in [0.3, 0.4) is 0 Å². The first-order chi connectivity index (χ1) is 10.4. The predicted molar refractivity (Wildman–Crippen MR) is 83.9 cm³/mol. The van der Waals surface area contributed by atoms with Crippen LogP contribution in [0.15, 0.2) is 48.5 Å². The highest BCUT2D eigenvalue weighted by atomic mass is 32.2. The van der Waals surface area contributed by atoms with Crippen LogP contribution in [-0.2, 0) is 10.0 Å². The highest BCUT2D eigenvalue weighted by Gasteiger charge is 2.15. The van der Waals surface area contributed by atoms with E-state index in [1.807, 2.05) is 0 Å². The number of carbonyl (C=O) groups is 1. The molecule has 2 rings (SSSR count). The fourth-order valence-electron chi connectivity index (χ4n) is 1.77. The van der Waals surface area contributed by atoms with Gasteiger partial charge in [-0.25, -0.2) is 12.8 Å². The lowest BCUT2D eigenvalue weighted by molar-refractivity contribution is 0.102. The summed E-state index contributed by atoms with van der Waals surface area (Å²) in [6, 6.07) is 11.7. The zero-order valence-corrected chi connectivity index (χ0v) is 12.7. The number of sulfonamides is 1. The molecule has 0 aliphatic carbocycles. The lowest BCUT2D eigenvalue weighted by atomic mass is 10.1. The summed E-state index contributed by atoms with van der Waals surface area (Å²) in [6.45, 7) is 1.50. The second-order valence-electron chi connectivity index (χ2n) is 4.52. The molecule has 0 heterocycles. The highest BCUT2D eigenvalue weighted by molar-refractivity contribution is 7.92. The summed E-state index contributed by atoms with van der Waals surface area (Å²) in [6.07, 6.45) is 0. The van der Waals surface area contributed by atoms with Crippen LogP contribution in [0.2, 0.25) is 0 Å². The van der Waals surface area contributed by atoms with Gasteiger partial charge in [-0.1, -0.05) is 18.2 Å². The van der Waals surface area contributed by atoms with Gasteiger partial charge < -0.3 is 5.32 Å². The van der Waals surface area contributed by atoms with Crippen molar-refractivity contribution in [2.24, 2.45) is 0 Å². The Morgan fingerprint density at radius 1 is 1.14 bits per heavy atom. The van der Waals surface area contributed by atoms with E-state index < -0.39 is 21.7 Å². The molecule has 116 valence electrons. The molecule has 0 saturated heterocycles. The van der Waals surface area contributed by atoms with E-state index in [0.29, 0.717) is 0 Å². The van der Waals surface area contributed by atoms with Crippen molar-refractivity contribution in [1.29, 1.82) is 0 Å². The first-order valence-corrected chi connectivity index (χ1v) is 8.23. The quantitative estimate of drug-likeness (QED) is 0.889. The molecule has 0 aromatic heterocycles. The fraction of sp³-hybridized carbons (Fsp3) is 0.133. The third-order valence-corrected chi connectivity index (χ3v) is 4.19. The van der Waals surface area contributed by atoms with Crippen LogP contribution in [-0.4, -0.2) is 20.1 Å². The summed E-state index contributed by atoms with van der Waals surface area (Å²) < 4.78 is 38.8. The molecule has 0 spiro atoms. The molecule has 0 bridgehead atoms. The van der Waals surface area contributed by atoms with Crippen LogP contribution in [0.25, 0.3) is 0 Å². The Kier molecular flexibility index (Phi) is 4.77. The first kappa shape index (κ1) is 16.0. The summed E-state index contributed by atoms with van der Waals surface area (Å²) in [5.41, 5.74) is 0.625. The van der Waals surface area contributed by atoms with Gasteiger partial charge in [0.25, 0.3) is 5.91 Å². The van der Waals surface area contributed by atoms with Gasteiger partial charge in [-0.2, -0.15) is 0 Å². The Labute approximate surface area is 128 Å². The van der Waals surface area contributed by atoms with Crippen LogP contribution in [0.5, 0.6) is 0 Å². The summed E-state index contributed by atoms with van der Waals surface area (Å²) in [4.78, 5) is 12.3. The Morgan fingerprint density at radius 3 is 2.55 bits per heavy atom. The van der Waals surface area contributed by atoms with E-state index in [2.05, 4.69) is 10.0 Å². The molecule has 0 atom stereocenters. The predicted octanol–water partition coefficient (Wildman–Crippen LogP) is 2.84. The van der Waals surface area contributed by atoms with Crippen molar-refractivity contribution in [1.82, 2.24) is 0 Å². The molecule has 2 N–H and O–H groups in total. The molecule has 0 unspecified atom stereocenters. The molecular weight excluding hydrogens is 307 g/mol. The third-order valence-electron chi connectivity index (χ3n) is 2.90. The van der Waals surface area contributed by atoms with Gasteiger partial charge in [-0.3, -0.25) is 9.52 Å². The van der Waals surface area contributed by atoms with Crippen LogP contribution in [0, 0.1) is 5.82 Å². The number of amides is 1. The van der Waals surface area contributed by atoms with E-state index in [0.717, 1.165) is 0 Å². The molecule has 0 fully saturated rings. The Balaban J connectivity index is 2.27. The van der Waals surface area contributed by atoms with Gasteiger partial charge in [0, 0.05) is 5.69 Å². The third kappa shape index (κ3) is 4.05. The normalized spacial score (nSPS) is 11.0. The summed E-state index contributed by atoms with van der Waals surface area (Å²) in [5, 5.41) is 2.53. The zero-order valence-electron chi connectivity index (χ0n) is 11.8. The zero-order chi connectivity index (χ0) is 16.2. The summed E-state index contributed by atoms with van der Waals surface area (Å²) in [5.74, 6) is -1.11. The number of carbonyl (C=O) groups excluding carboxylic acids is 1. The topological polar surface area (TPSA) is 75.3 Å². The van der Waals surface area contributed by atoms with E-state index in [1.165, 1.54) is 37.3 Å². The van der Waals surface area contributed by atoms with Gasteiger partial charge in [-0.15, -0.1) is 0 Å². The van der Waals surface area contributed by atoms with E-state index in [9.17, 15) is 17.6 Å². The molecule has 5 nitrogen and oxygen atoms in total. The number of halogens is 1. The van der Waals surface area contributed by atoms with E-state index in [-0.39, 0.29) is 22.7 Å². The Bertz CT molecular complexity index is 791. The molecule has 2 aromatic carbocycles. The van der Waals surface area contributed by atoms with Crippen molar-refractivity contribution in [3.8, 4) is 0 Å². The lowest BCUT2D eigenvalue weighted by Gasteiger charge is -2.12. The molecule has 0 aliphatic rings. The van der Waals surface area contributed by atoms with Crippen LogP contribution in [0.1, 0.15) is 17.3 Å². The number of benzene rings is 2. The maximum Gasteiger partial charge on any atom is 0.257 e. The number of anilines is 2. The minimum Gasteiger partial charge on any atom is -0.322 e. The van der Waals surface area contributed by atoms with E-state index in [1.54, 1.807) is 18.2 Å². The van der Waals surface area contributed by atoms with Gasteiger partial charge in [0.1, 0.15) is 5.82 Å². The monoisotopic (exact) mass is 322 g/mol. The smallest absolute Gasteiger partial charge is 0.257 e. The van der Waals surface area contributed by atoms with Crippen LogP contribution < -0.4 is 10.0 Å². The van der Waals surface area contributed by atoms with Crippen LogP contribution >= 0.6 is 0 Å². The average Bonchev–Trinajstić information content (AvgIpc) is 2.47. The molecule has 2 aromatic rings. The van der Waals surface area contributed by atoms with Gasteiger partial charge in [0.2, 0.25) is 10.0 Å². The largest absolute Gasteiger partial charge is 0.322 e. The van der Waals surface area contributed by atoms with Crippen molar-refractivity contribution in [2.45, 2.75) is 6.92 Å². The molecule has 0 saturated carbocycles. The second-order valence-corrected chi connectivity index (χ2v) is 6.53.